The minimum Gasteiger partial charge on any atom is -0.281 e. The predicted octanol–water partition coefficient (Wildman–Crippen LogP) is 4.08. The van der Waals surface area contributed by atoms with E-state index in [4.69, 9.17) is 11.6 Å². The van der Waals surface area contributed by atoms with Gasteiger partial charge in [-0.15, -0.1) is 0 Å². The molecule has 0 N–H and O–H groups in total. The van der Waals surface area contributed by atoms with E-state index in [0.717, 1.165) is 12.8 Å². The molecule has 0 heterocycles. The summed E-state index contributed by atoms with van der Waals surface area (Å²) < 4.78 is 0. The molecule has 2 heteroatoms. The SMILES string of the molecule is CCC1=CCC(CC(=O)Cl)(C(C)C)C=C1. The fourth-order valence-electron chi connectivity index (χ4n) is 2.01. The third kappa shape index (κ3) is 2.94. The molecule has 0 aromatic rings. The smallest absolute Gasteiger partial charge is 0.222 e. The molecular weight excluding hydrogens is 208 g/mol. The Bertz CT molecular complexity index is 302. The average Bonchev–Trinajstić information content (AvgIpc) is 2.17. The summed E-state index contributed by atoms with van der Waals surface area (Å²) in [4.78, 5) is 11.1. The molecule has 1 aliphatic rings. The molecule has 84 valence electrons. The van der Waals surface area contributed by atoms with Gasteiger partial charge in [-0.3, -0.25) is 4.79 Å². The third-order valence-corrected chi connectivity index (χ3v) is 3.53. The van der Waals surface area contributed by atoms with E-state index >= 15 is 0 Å². The van der Waals surface area contributed by atoms with Crippen molar-refractivity contribution in [2.75, 3.05) is 0 Å². The normalized spacial score (nSPS) is 25.5. The fourth-order valence-corrected chi connectivity index (χ4v) is 2.26. The van der Waals surface area contributed by atoms with Gasteiger partial charge in [0.25, 0.3) is 0 Å². The minimum atomic E-state index is -0.235. The number of rotatable bonds is 4. The molecule has 1 rings (SSSR count). The van der Waals surface area contributed by atoms with Crippen LogP contribution in [0, 0.1) is 11.3 Å². The molecule has 0 aliphatic heterocycles. The molecule has 0 saturated heterocycles. The molecule has 0 saturated carbocycles. The summed E-state index contributed by atoms with van der Waals surface area (Å²) in [6, 6.07) is 0. The standard InChI is InChI=1S/C13H19ClO/c1-4-11-5-7-13(8-6-11,10(2)3)9-12(14)15/h5-7,10H,4,8-9H2,1-3H3. The van der Waals surface area contributed by atoms with Crippen LogP contribution in [0.15, 0.2) is 23.8 Å². The first-order valence-electron chi connectivity index (χ1n) is 5.57. The number of allylic oxidation sites excluding steroid dienone is 4. The minimum absolute atomic E-state index is 0.0580. The monoisotopic (exact) mass is 226 g/mol. The highest BCUT2D eigenvalue weighted by molar-refractivity contribution is 6.63. The van der Waals surface area contributed by atoms with Crippen molar-refractivity contribution in [2.24, 2.45) is 11.3 Å². The Hall–Kier alpha value is -0.560. The highest BCUT2D eigenvalue weighted by Gasteiger charge is 2.33. The van der Waals surface area contributed by atoms with Crippen LogP contribution in [0.2, 0.25) is 0 Å². The van der Waals surface area contributed by atoms with Crippen LogP contribution in [0.3, 0.4) is 0 Å². The van der Waals surface area contributed by atoms with Crippen molar-refractivity contribution in [3.63, 3.8) is 0 Å². The summed E-state index contributed by atoms with van der Waals surface area (Å²) in [6.45, 7) is 6.44. The quantitative estimate of drug-likeness (QED) is 0.661. The van der Waals surface area contributed by atoms with E-state index in [1.807, 2.05) is 0 Å². The average molecular weight is 227 g/mol. The van der Waals surface area contributed by atoms with Crippen LogP contribution in [0.1, 0.15) is 40.0 Å². The second-order valence-corrected chi connectivity index (χ2v) is 5.01. The first-order valence-corrected chi connectivity index (χ1v) is 5.94. The largest absolute Gasteiger partial charge is 0.281 e. The van der Waals surface area contributed by atoms with Gasteiger partial charge in [0.15, 0.2) is 0 Å². The van der Waals surface area contributed by atoms with Gasteiger partial charge in [0, 0.05) is 11.8 Å². The molecule has 1 nitrogen and oxygen atoms in total. The summed E-state index contributed by atoms with van der Waals surface area (Å²) in [7, 11) is 0. The van der Waals surface area contributed by atoms with Crippen molar-refractivity contribution in [1.82, 2.24) is 0 Å². The van der Waals surface area contributed by atoms with Gasteiger partial charge in [-0.1, -0.05) is 44.6 Å². The summed E-state index contributed by atoms with van der Waals surface area (Å²) >= 11 is 5.52. The lowest BCUT2D eigenvalue weighted by Gasteiger charge is -2.35. The molecular formula is C13H19ClO. The van der Waals surface area contributed by atoms with Gasteiger partial charge in [-0.05, 0) is 30.4 Å². The van der Waals surface area contributed by atoms with E-state index in [-0.39, 0.29) is 10.7 Å². The molecule has 0 spiro atoms. The summed E-state index contributed by atoms with van der Waals surface area (Å²) in [6.07, 6.45) is 8.98. The van der Waals surface area contributed by atoms with Crippen LogP contribution >= 0.6 is 11.6 Å². The second kappa shape index (κ2) is 4.98. The van der Waals surface area contributed by atoms with Gasteiger partial charge >= 0.3 is 0 Å². The molecule has 0 aromatic heterocycles. The highest BCUT2D eigenvalue weighted by atomic mass is 35.5. The Labute approximate surface area is 97.2 Å². The number of carbonyl (C=O) groups excluding carboxylic acids is 1. The molecule has 1 aliphatic carbocycles. The Morgan fingerprint density at radius 1 is 1.60 bits per heavy atom. The summed E-state index contributed by atoms with van der Waals surface area (Å²) in [5, 5.41) is -0.235. The predicted molar refractivity (Wildman–Crippen MR) is 64.9 cm³/mol. The van der Waals surface area contributed by atoms with E-state index in [1.165, 1.54) is 5.57 Å². The molecule has 0 bridgehead atoms. The van der Waals surface area contributed by atoms with Gasteiger partial charge < -0.3 is 0 Å². The zero-order valence-electron chi connectivity index (χ0n) is 9.72. The molecule has 1 unspecified atom stereocenters. The van der Waals surface area contributed by atoms with Crippen LogP contribution < -0.4 is 0 Å². The van der Waals surface area contributed by atoms with Crippen LogP contribution in [0.4, 0.5) is 0 Å². The molecule has 15 heavy (non-hydrogen) atoms. The van der Waals surface area contributed by atoms with Crippen LogP contribution in [0.5, 0.6) is 0 Å². The van der Waals surface area contributed by atoms with Crippen LogP contribution in [-0.2, 0) is 4.79 Å². The van der Waals surface area contributed by atoms with Crippen molar-refractivity contribution in [3.8, 4) is 0 Å². The van der Waals surface area contributed by atoms with Gasteiger partial charge in [-0.25, -0.2) is 0 Å². The van der Waals surface area contributed by atoms with Crippen molar-refractivity contribution >= 4 is 16.8 Å². The van der Waals surface area contributed by atoms with Crippen LogP contribution in [0.25, 0.3) is 0 Å². The van der Waals surface area contributed by atoms with Crippen molar-refractivity contribution in [3.05, 3.63) is 23.8 Å². The Balaban J connectivity index is 2.84. The summed E-state index contributed by atoms with van der Waals surface area (Å²) in [5.41, 5.74) is 1.30. The second-order valence-electron chi connectivity index (χ2n) is 4.59. The molecule has 0 aromatic carbocycles. The summed E-state index contributed by atoms with van der Waals surface area (Å²) in [5.74, 6) is 0.436. The van der Waals surface area contributed by atoms with E-state index < -0.39 is 0 Å². The van der Waals surface area contributed by atoms with Gasteiger partial charge in [-0.2, -0.15) is 0 Å². The molecule has 1 atom stereocenters. The number of hydrogen-bond acceptors (Lipinski definition) is 1. The Kier molecular flexibility index (Phi) is 4.15. The van der Waals surface area contributed by atoms with E-state index in [1.54, 1.807) is 0 Å². The maximum Gasteiger partial charge on any atom is 0.222 e. The molecule has 0 radical (unpaired) electrons. The van der Waals surface area contributed by atoms with Gasteiger partial charge in [0.05, 0.1) is 0 Å². The third-order valence-electron chi connectivity index (χ3n) is 3.40. The number of halogens is 1. The lowest BCUT2D eigenvalue weighted by atomic mass is 9.69. The molecule has 0 amide bonds. The maximum atomic E-state index is 11.1. The fraction of sp³-hybridized carbons (Fsp3) is 0.615. The lowest BCUT2D eigenvalue weighted by molar-refractivity contribution is -0.113. The van der Waals surface area contributed by atoms with Crippen molar-refractivity contribution in [1.29, 1.82) is 0 Å². The molecule has 0 fully saturated rings. The van der Waals surface area contributed by atoms with Crippen molar-refractivity contribution < 1.29 is 4.79 Å². The Morgan fingerprint density at radius 2 is 2.27 bits per heavy atom. The zero-order valence-corrected chi connectivity index (χ0v) is 10.5. The van der Waals surface area contributed by atoms with E-state index in [2.05, 4.69) is 39.0 Å². The topological polar surface area (TPSA) is 17.1 Å². The van der Waals surface area contributed by atoms with Crippen LogP contribution in [-0.4, -0.2) is 5.24 Å². The van der Waals surface area contributed by atoms with E-state index in [0.29, 0.717) is 12.3 Å². The van der Waals surface area contributed by atoms with E-state index in [9.17, 15) is 4.79 Å². The highest BCUT2D eigenvalue weighted by Crippen LogP contribution is 2.41. The van der Waals surface area contributed by atoms with Gasteiger partial charge in [0.1, 0.15) is 0 Å². The Morgan fingerprint density at radius 3 is 2.60 bits per heavy atom. The lowest BCUT2D eigenvalue weighted by Crippen LogP contribution is -2.28. The zero-order chi connectivity index (χ0) is 11.5. The first kappa shape index (κ1) is 12.5. The number of carbonyl (C=O) groups is 1. The maximum absolute atomic E-state index is 11.1. The first-order chi connectivity index (χ1) is 7.00. The van der Waals surface area contributed by atoms with Gasteiger partial charge in [0.2, 0.25) is 5.24 Å². The number of hydrogen-bond donors (Lipinski definition) is 0. The van der Waals surface area contributed by atoms with Crippen molar-refractivity contribution in [2.45, 2.75) is 40.0 Å².